The van der Waals surface area contributed by atoms with Gasteiger partial charge in [0.1, 0.15) is 11.6 Å². The molecule has 3 N–H and O–H groups in total. The molecule has 0 rings (SSSR count). The first kappa shape index (κ1) is 19.5. The van der Waals surface area contributed by atoms with Gasteiger partial charge >= 0.3 is 11.9 Å². The second kappa shape index (κ2) is 6.95. The summed E-state index contributed by atoms with van der Waals surface area (Å²) in [6, 6.07) is -1.10. The van der Waals surface area contributed by atoms with E-state index in [0.717, 1.165) is 0 Å². The second-order valence-corrected chi connectivity index (χ2v) is 6.12. The molecule has 18 heavy (non-hydrogen) atoms. The summed E-state index contributed by atoms with van der Waals surface area (Å²) >= 11 is 0. The zero-order valence-electron chi connectivity index (χ0n) is 11.6. The van der Waals surface area contributed by atoms with Crippen molar-refractivity contribution in [2.24, 2.45) is 11.1 Å². The molecule has 0 aliphatic rings. The quantitative estimate of drug-likeness (QED) is 0.752. The summed E-state index contributed by atoms with van der Waals surface area (Å²) in [6.45, 7) is 9.71. The second-order valence-electron chi connectivity index (χ2n) is 6.12. The molecule has 0 fully saturated rings. The Hall–Kier alpha value is -0.810. The monoisotopic (exact) mass is 281 g/mol. The van der Waals surface area contributed by atoms with E-state index < -0.39 is 30.0 Å². The van der Waals surface area contributed by atoms with Gasteiger partial charge in [-0.25, -0.2) is 0 Å². The number of hydrogen-bond acceptors (Lipinski definition) is 4. The number of carboxylic acid groups (broad SMARTS) is 1. The van der Waals surface area contributed by atoms with E-state index in [0.29, 0.717) is 6.42 Å². The first-order valence-electron chi connectivity index (χ1n) is 5.63. The lowest BCUT2D eigenvalue weighted by Crippen LogP contribution is -2.41. The maximum Gasteiger partial charge on any atom is 0.324 e. The third-order valence-electron chi connectivity index (χ3n) is 2.03. The third kappa shape index (κ3) is 9.24. The molecule has 0 radical (unpaired) electrons. The highest BCUT2D eigenvalue weighted by Gasteiger charge is 2.31. The highest BCUT2D eigenvalue weighted by Crippen LogP contribution is 2.29. The van der Waals surface area contributed by atoms with Gasteiger partial charge < -0.3 is 15.6 Å². The molecule has 0 aliphatic carbocycles. The Morgan fingerprint density at radius 3 is 2.00 bits per heavy atom. The average molecular weight is 282 g/mol. The lowest BCUT2D eigenvalue weighted by molar-refractivity contribution is -0.162. The molecular weight excluding hydrogens is 258 g/mol. The summed E-state index contributed by atoms with van der Waals surface area (Å²) in [7, 11) is 0. The van der Waals surface area contributed by atoms with Crippen LogP contribution in [0.4, 0.5) is 0 Å². The molecule has 0 heterocycles. The summed E-state index contributed by atoms with van der Waals surface area (Å²) in [4.78, 5) is 22.0. The van der Waals surface area contributed by atoms with Gasteiger partial charge in [0.2, 0.25) is 0 Å². The Kier molecular flexibility index (Phi) is 7.54. The van der Waals surface area contributed by atoms with Crippen LogP contribution in [0.1, 0.15) is 47.5 Å². The molecule has 5 nitrogen and oxygen atoms in total. The molecule has 0 amide bonds. The molecule has 0 bridgehead atoms. The number of hydrogen-bond donors (Lipinski definition) is 2. The van der Waals surface area contributed by atoms with Crippen LogP contribution in [0.2, 0.25) is 0 Å². The van der Waals surface area contributed by atoms with E-state index in [9.17, 15) is 9.59 Å². The van der Waals surface area contributed by atoms with Crippen molar-refractivity contribution in [3.63, 3.8) is 0 Å². The number of ether oxygens (including phenoxy) is 1. The number of carboxylic acids is 1. The summed E-state index contributed by atoms with van der Waals surface area (Å²) < 4.78 is 5.25. The fourth-order valence-electron chi connectivity index (χ4n) is 1.93. The van der Waals surface area contributed by atoms with Crippen molar-refractivity contribution in [1.29, 1.82) is 0 Å². The molecule has 1 atom stereocenters. The Morgan fingerprint density at radius 2 is 1.67 bits per heavy atom. The topological polar surface area (TPSA) is 89.6 Å². The SMILES string of the molecule is CC(C)(C)CC(C)(C)OC(=O)[C@@H](N)CC(=O)O.Cl. The number of carbonyl (C=O) groups is 2. The maximum absolute atomic E-state index is 11.6. The van der Waals surface area contributed by atoms with Crippen molar-refractivity contribution in [3.05, 3.63) is 0 Å². The zero-order chi connectivity index (χ0) is 13.9. The fourth-order valence-corrected chi connectivity index (χ4v) is 1.93. The molecule has 0 saturated heterocycles. The molecule has 0 aromatic rings. The summed E-state index contributed by atoms with van der Waals surface area (Å²) in [6.07, 6.45) is 0.260. The number of rotatable bonds is 5. The standard InChI is InChI=1S/C12H23NO4.ClH/c1-11(2,3)7-12(4,5)17-10(16)8(13)6-9(14)15;/h8H,6-7,13H2,1-5H3,(H,14,15);1H/t8-;/m0./s1. The van der Waals surface area contributed by atoms with E-state index in [1.807, 2.05) is 20.8 Å². The van der Waals surface area contributed by atoms with E-state index in [2.05, 4.69) is 0 Å². The van der Waals surface area contributed by atoms with Crippen molar-refractivity contribution in [2.45, 2.75) is 59.1 Å². The average Bonchev–Trinajstić information content (AvgIpc) is 1.95. The van der Waals surface area contributed by atoms with Gasteiger partial charge in [0.15, 0.2) is 0 Å². The van der Waals surface area contributed by atoms with E-state index in [-0.39, 0.29) is 17.8 Å². The van der Waals surface area contributed by atoms with Crippen LogP contribution in [0.15, 0.2) is 0 Å². The van der Waals surface area contributed by atoms with E-state index in [1.54, 1.807) is 13.8 Å². The van der Waals surface area contributed by atoms with E-state index >= 15 is 0 Å². The van der Waals surface area contributed by atoms with E-state index in [4.69, 9.17) is 15.6 Å². The molecule has 0 aromatic carbocycles. The smallest absolute Gasteiger partial charge is 0.324 e. The van der Waals surface area contributed by atoms with Crippen molar-refractivity contribution in [2.75, 3.05) is 0 Å². The van der Waals surface area contributed by atoms with Crippen LogP contribution in [-0.4, -0.2) is 28.7 Å². The fraction of sp³-hybridized carbons (Fsp3) is 0.833. The highest BCUT2D eigenvalue weighted by atomic mass is 35.5. The number of halogens is 1. The lowest BCUT2D eigenvalue weighted by Gasteiger charge is -2.32. The largest absolute Gasteiger partial charge is 0.481 e. The number of carbonyl (C=O) groups excluding carboxylic acids is 1. The van der Waals surface area contributed by atoms with Crippen LogP contribution in [0, 0.1) is 5.41 Å². The number of esters is 1. The molecule has 0 aliphatic heterocycles. The lowest BCUT2D eigenvalue weighted by atomic mass is 9.83. The first-order valence-corrected chi connectivity index (χ1v) is 5.63. The van der Waals surface area contributed by atoms with Crippen LogP contribution in [0.5, 0.6) is 0 Å². The third-order valence-corrected chi connectivity index (χ3v) is 2.03. The molecule has 0 saturated carbocycles. The number of nitrogens with two attached hydrogens (primary N) is 1. The molecule has 6 heteroatoms. The minimum Gasteiger partial charge on any atom is -0.481 e. The van der Waals surface area contributed by atoms with Crippen LogP contribution in [0.3, 0.4) is 0 Å². The van der Waals surface area contributed by atoms with Gasteiger partial charge in [-0.15, -0.1) is 12.4 Å². The van der Waals surface area contributed by atoms with Crippen molar-refractivity contribution in [3.8, 4) is 0 Å². The predicted octanol–water partition coefficient (Wildman–Crippen LogP) is 1.97. The summed E-state index contributed by atoms with van der Waals surface area (Å²) in [5.41, 5.74) is 4.80. The highest BCUT2D eigenvalue weighted by molar-refractivity contribution is 5.85. The van der Waals surface area contributed by atoms with Crippen LogP contribution in [0.25, 0.3) is 0 Å². The predicted molar refractivity (Wildman–Crippen MR) is 71.7 cm³/mol. The minimum atomic E-state index is -1.11. The van der Waals surface area contributed by atoms with Gasteiger partial charge in [-0.05, 0) is 25.7 Å². The van der Waals surface area contributed by atoms with Gasteiger partial charge in [-0.1, -0.05) is 20.8 Å². The molecule has 0 unspecified atom stereocenters. The Bertz CT molecular complexity index is 297. The molecular formula is C12H24ClNO4. The van der Waals surface area contributed by atoms with E-state index in [1.165, 1.54) is 0 Å². The van der Waals surface area contributed by atoms with Crippen molar-refractivity contribution in [1.82, 2.24) is 0 Å². The Morgan fingerprint density at radius 1 is 1.22 bits per heavy atom. The normalized spacial score (nSPS) is 13.4. The van der Waals surface area contributed by atoms with Crippen LogP contribution in [-0.2, 0) is 14.3 Å². The van der Waals surface area contributed by atoms with Crippen molar-refractivity contribution < 1.29 is 19.4 Å². The minimum absolute atomic E-state index is 0. The van der Waals surface area contributed by atoms with Gasteiger partial charge in [-0.2, -0.15) is 0 Å². The van der Waals surface area contributed by atoms with Crippen LogP contribution >= 0.6 is 12.4 Å². The van der Waals surface area contributed by atoms with Gasteiger partial charge in [0.25, 0.3) is 0 Å². The number of aliphatic carboxylic acids is 1. The molecule has 0 aromatic heterocycles. The molecule has 0 spiro atoms. The maximum atomic E-state index is 11.6. The summed E-state index contributed by atoms with van der Waals surface area (Å²) in [5, 5.41) is 8.53. The Balaban J connectivity index is 0. The zero-order valence-corrected chi connectivity index (χ0v) is 12.5. The van der Waals surface area contributed by atoms with Gasteiger partial charge in [0, 0.05) is 0 Å². The first-order chi connectivity index (χ1) is 7.43. The van der Waals surface area contributed by atoms with Gasteiger partial charge in [-0.3, -0.25) is 9.59 Å². The Labute approximate surface area is 114 Å². The van der Waals surface area contributed by atoms with Gasteiger partial charge in [0.05, 0.1) is 6.42 Å². The summed E-state index contributed by atoms with van der Waals surface area (Å²) in [5.74, 6) is -1.77. The van der Waals surface area contributed by atoms with Crippen molar-refractivity contribution >= 4 is 24.3 Å². The molecule has 108 valence electrons. The van der Waals surface area contributed by atoms with Crippen LogP contribution < -0.4 is 5.73 Å².